The molecule has 154 valence electrons. The first kappa shape index (κ1) is 20.1. The van der Waals surface area contributed by atoms with Crippen LogP contribution in [0.25, 0.3) is 44.2 Å². The molecule has 5 rings (SSSR count). The summed E-state index contributed by atoms with van der Waals surface area (Å²) < 4.78 is 2.32. The highest BCUT2D eigenvalue weighted by atomic mass is 35.5. The van der Waals surface area contributed by atoms with E-state index in [2.05, 4.69) is 96.6 Å². The lowest BCUT2D eigenvalue weighted by molar-refractivity contribution is 1.17. The zero-order valence-electron chi connectivity index (χ0n) is 17.6. The number of benzene rings is 4. The van der Waals surface area contributed by atoms with Crippen molar-refractivity contribution in [2.24, 2.45) is 0 Å². The Hall–Kier alpha value is -3.81. The molecule has 1 heterocycles. The quantitative estimate of drug-likeness (QED) is 0.245. The monoisotopic (exact) mass is 431 g/mol. The normalized spacial score (nSPS) is 11.7. The van der Waals surface area contributed by atoms with Crippen LogP contribution >= 0.6 is 11.6 Å². The van der Waals surface area contributed by atoms with Crippen molar-refractivity contribution < 1.29 is 0 Å². The molecule has 5 aromatic rings. The second kappa shape index (κ2) is 8.37. The van der Waals surface area contributed by atoms with E-state index in [-0.39, 0.29) is 0 Å². The number of nitrogens with zero attached hydrogens (tertiary/aromatic N) is 1. The topological polar surface area (TPSA) is 4.93 Å². The van der Waals surface area contributed by atoms with Gasteiger partial charge in [-0.25, -0.2) is 0 Å². The van der Waals surface area contributed by atoms with Crippen LogP contribution in [0.4, 0.5) is 0 Å². The average molecular weight is 432 g/mol. The van der Waals surface area contributed by atoms with E-state index in [1.807, 2.05) is 24.3 Å². The Morgan fingerprint density at radius 3 is 2.28 bits per heavy atom. The van der Waals surface area contributed by atoms with Gasteiger partial charge in [-0.1, -0.05) is 104 Å². The summed E-state index contributed by atoms with van der Waals surface area (Å²) in [6.45, 7) is 7.90. The zero-order valence-corrected chi connectivity index (χ0v) is 18.4. The first-order valence-corrected chi connectivity index (χ1v) is 10.9. The third-order valence-corrected chi connectivity index (χ3v) is 6.04. The summed E-state index contributed by atoms with van der Waals surface area (Å²) in [5, 5.41) is 3.04. The lowest BCUT2D eigenvalue weighted by Crippen LogP contribution is -1.99. The van der Waals surface area contributed by atoms with Gasteiger partial charge in [0, 0.05) is 21.4 Å². The van der Waals surface area contributed by atoms with Gasteiger partial charge in [0.15, 0.2) is 0 Å². The van der Waals surface area contributed by atoms with Gasteiger partial charge in [0.1, 0.15) is 0 Å². The minimum atomic E-state index is 0.732. The number of halogens is 1. The van der Waals surface area contributed by atoms with E-state index in [0.29, 0.717) is 0 Å². The Balaban J connectivity index is 1.89. The maximum absolute atomic E-state index is 6.40. The van der Waals surface area contributed by atoms with E-state index in [0.717, 1.165) is 38.3 Å². The van der Waals surface area contributed by atoms with E-state index >= 15 is 0 Å². The second-order valence-electron chi connectivity index (χ2n) is 7.67. The van der Waals surface area contributed by atoms with E-state index < -0.39 is 0 Å². The molecule has 0 spiro atoms. The van der Waals surface area contributed by atoms with Crippen LogP contribution in [0.1, 0.15) is 5.56 Å². The number of hydrogen-bond donors (Lipinski definition) is 0. The second-order valence-corrected chi connectivity index (χ2v) is 8.11. The molecule has 0 aliphatic rings. The number of para-hydroxylation sites is 1. The van der Waals surface area contributed by atoms with Gasteiger partial charge in [-0.2, -0.15) is 0 Å². The van der Waals surface area contributed by atoms with Crippen molar-refractivity contribution in [3.8, 4) is 16.8 Å². The summed E-state index contributed by atoms with van der Waals surface area (Å²) >= 11 is 6.40. The highest BCUT2D eigenvalue weighted by Crippen LogP contribution is 2.37. The Morgan fingerprint density at radius 2 is 1.50 bits per heavy atom. The van der Waals surface area contributed by atoms with Gasteiger partial charge in [0.25, 0.3) is 0 Å². The van der Waals surface area contributed by atoms with Crippen LogP contribution in [0.5, 0.6) is 0 Å². The summed E-state index contributed by atoms with van der Waals surface area (Å²) in [4.78, 5) is 0. The fraction of sp³-hybridized carbons (Fsp3) is 0. The summed E-state index contributed by atoms with van der Waals surface area (Å²) in [6, 6.07) is 31.6. The van der Waals surface area contributed by atoms with Gasteiger partial charge in [-0.05, 0) is 47.0 Å². The largest absolute Gasteiger partial charge is 0.309 e. The molecule has 4 aromatic carbocycles. The Morgan fingerprint density at radius 1 is 0.719 bits per heavy atom. The van der Waals surface area contributed by atoms with Crippen LogP contribution in [0.2, 0.25) is 5.02 Å². The van der Waals surface area contributed by atoms with Gasteiger partial charge in [0.05, 0.1) is 16.7 Å². The van der Waals surface area contributed by atoms with E-state index in [1.54, 1.807) is 6.08 Å². The fourth-order valence-corrected chi connectivity index (χ4v) is 4.54. The smallest absolute Gasteiger partial charge is 0.0547 e. The van der Waals surface area contributed by atoms with Crippen molar-refractivity contribution in [2.75, 3.05) is 0 Å². The van der Waals surface area contributed by atoms with Crippen molar-refractivity contribution in [1.82, 2.24) is 4.57 Å². The number of rotatable bonds is 5. The van der Waals surface area contributed by atoms with Gasteiger partial charge in [-0.3, -0.25) is 0 Å². The lowest BCUT2D eigenvalue weighted by Gasteiger charge is -2.15. The number of allylic oxidation sites excluding steroid dienone is 4. The predicted molar refractivity (Wildman–Crippen MR) is 140 cm³/mol. The predicted octanol–water partition coefficient (Wildman–Crippen LogP) is 8.86. The molecular formula is C30H22ClN. The van der Waals surface area contributed by atoms with E-state index in [9.17, 15) is 0 Å². The minimum absolute atomic E-state index is 0.732. The SMILES string of the molecule is C=C/C=C(\C=C)c1ccccc1-n1c2ccc(Cl)cc2c2ccc(-c3ccccc3)cc21. The molecule has 2 heteroatoms. The van der Waals surface area contributed by atoms with Gasteiger partial charge in [-0.15, -0.1) is 0 Å². The Bertz CT molecular complexity index is 1500. The van der Waals surface area contributed by atoms with Gasteiger partial charge < -0.3 is 4.57 Å². The molecule has 0 aliphatic carbocycles. The maximum Gasteiger partial charge on any atom is 0.0547 e. The Kier molecular flexibility index (Phi) is 5.26. The van der Waals surface area contributed by atoms with Crippen LogP contribution in [-0.2, 0) is 0 Å². The van der Waals surface area contributed by atoms with Crippen molar-refractivity contribution in [3.63, 3.8) is 0 Å². The highest BCUT2D eigenvalue weighted by Gasteiger charge is 2.16. The van der Waals surface area contributed by atoms with Crippen LogP contribution in [0.3, 0.4) is 0 Å². The molecule has 1 nitrogen and oxygen atoms in total. The maximum atomic E-state index is 6.40. The Labute approximate surface area is 193 Å². The van der Waals surface area contributed by atoms with Crippen molar-refractivity contribution in [1.29, 1.82) is 0 Å². The molecule has 0 saturated carbocycles. The van der Waals surface area contributed by atoms with Gasteiger partial charge >= 0.3 is 0 Å². The molecule has 1 aromatic heterocycles. The summed E-state index contributed by atoms with van der Waals surface area (Å²) in [5.41, 5.74) is 7.84. The molecule has 0 aliphatic heterocycles. The van der Waals surface area contributed by atoms with Crippen molar-refractivity contribution >= 4 is 39.0 Å². The lowest BCUT2D eigenvalue weighted by atomic mass is 10.0. The first-order valence-electron chi connectivity index (χ1n) is 10.6. The van der Waals surface area contributed by atoms with Gasteiger partial charge in [0.2, 0.25) is 0 Å². The molecule has 32 heavy (non-hydrogen) atoms. The molecule has 0 saturated heterocycles. The zero-order chi connectivity index (χ0) is 22.1. The molecule has 0 unspecified atom stereocenters. The molecule has 0 radical (unpaired) electrons. The highest BCUT2D eigenvalue weighted by molar-refractivity contribution is 6.32. The third-order valence-electron chi connectivity index (χ3n) is 5.81. The van der Waals surface area contributed by atoms with Crippen LogP contribution in [-0.4, -0.2) is 4.57 Å². The summed E-state index contributed by atoms with van der Waals surface area (Å²) in [6.07, 6.45) is 5.67. The number of hydrogen-bond acceptors (Lipinski definition) is 0. The van der Waals surface area contributed by atoms with E-state index in [4.69, 9.17) is 11.6 Å². The number of aromatic nitrogens is 1. The average Bonchev–Trinajstić information content (AvgIpc) is 3.15. The molecular weight excluding hydrogens is 410 g/mol. The first-order chi connectivity index (χ1) is 15.7. The van der Waals surface area contributed by atoms with Crippen LogP contribution < -0.4 is 0 Å². The van der Waals surface area contributed by atoms with Crippen molar-refractivity contribution in [3.05, 3.63) is 133 Å². The molecule has 0 bridgehead atoms. The summed E-state index contributed by atoms with van der Waals surface area (Å²) in [7, 11) is 0. The summed E-state index contributed by atoms with van der Waals surface area (Å²) in [5.74, 6) is 0. The van der Waals surface area contributed by atoms with Crippen molar-refractivity contribution in [2.45, 2.75) is 0 Å². The standard InChI is InChI=1S/C30H22ClN/c1-3-10-21(4-2)25-13-8-9-14-28(25)32-29-18-16-24(31)20-27(29)26-17-15-23(19-30(26)32)22-11-6-5-7-12-22/h3-20H,1-2H2/b21-10+. The number of fused-ring (bicyclic) bond motifs is 3. The van der Waals surface area contributed by atoms with Crippen LogP contribution in [0.15, 0.2) is 122 Å². The minimum Gasteiger partial charge on any atom is -0.309 e. The molecule has 0 fully saturated rings. The molecule has 0 amide bonds. The molecule has 0 atom stereocenters. The molecule has 0 N–H and O–H groups in total. The van der Waals surface area contributed by atoms with E-state index in [1.165, 1.54) is 16.5 Å². The third kappa shape index (κ3) is 3.37. The fourth-order valence-electron chi connectivity index (χ4n) is 4.37. The van der Waals surface area contributed by atoms with Crippen LogP contribution in [0, 0.1) is 0 Å².